The fraction of sp³-hybridized carbons (Fsp3) is 0.286. The van der Waals surface area contributed by atoms with E-state index in [1.54, 1.807) is 11.1 Å². The highest BCUT2D eigenvalue weighted by atomic mass is 79.9. The van der Waals surface area contributed by atoms with Crippen LogP contribution >= 0.6 is 15.9 Å². The first-order valence-electron chi connectivity index (χ1n) is 2.93. The molecule has 0 aromatic heterocycles. The van der Waals surface area contributed by atoms with Crippen LogP contribution in [0.25, 0.3) is 0 Å². The van der Waals surface area contributed by atoms with Crippen molar-refractivity contribution in [2.24, 2.45) is 0 Å². The molecule has 1 aliphatic rings. The van der Waals surface area contributed by atoms with E-state index in [0.29, 0.717) is 12.3 Å². The van der Waals surface area contributed by atoms with E-state index in [0.717, 1.165) is 11.3 Å². The summed E-state index contributed by atoms with van der Waals surface area (Å²) in [7, 11) is 0. The highest BCUT2D eigenvalue weighted by Crippen LogP contribution is 2.12. The highest BCUT2D eigenvalue weighted by Gasteiger charge is 2.09. The van der Waals surface area contributed by atoms with Crippen LogP contribution in [0, 0.1) is 5.41 Å². The van der Waals surface area contributed by atoms with Gasteiger partial charge in [0.15, 0.2) is 0 Å². The van der Waals surface area contributed by atoms with E-state index in [4.69, 9.17) is 10.1 Å². The molecule has 0 saturated carbocycles. The van der Waals surface area contributed by atoms with Crippen LogP contribution in [0.2, 0.25) is 0 Å². The molecule has 1 heterocycles. The normalized spacial score (nSPS) is 22.4. The molecule has 10 heavy (non-hydrogen) atoms. The Morgan fingerprint density at radius 2 is 2.50 bits per heavy atom. The molecule has 0 saturated heterocycles. The zero-order valence-electron chi connectivity index (χ0n) is 5.65. The maximum absolute atomic E-state index is 7.42. The summed E-state index contributed by atoms with van der Waals surface area (Å²) in [4.78, 5) is 1.72. The molecular formula is C7H8BrNO. The molecule has 0 aliphatic carbocycles. The van der Waals surface area contributed by atoms with Gasteiger partial charge in [-0.1, -0.05) is 15.9 Å². The number of allylic oxidation sites excluding steroid dienone is 2. The first kappa shape index (κ1) is 7.54. The van der Waals surface area contributed by atoms with Gasteiger partial charge in [-0.05, 0) is 11.9 Å². The van der Waals surface area contributed by atoms with Crippen LogP contribution in [0.4, 0.5) is 0 Å². The molecule has 0 radical (unpaired) electrons. The molecule has 1 rings (SSSR count). The lowest BCUT2D eigenvalue weighted by molar-refractivity contribution is 0.242. The van der Waals surface area contributed by atoms with Gasteiger partial charge >= 0.3 is 0 Å². The van der Waals surface area contributed by atoms with Crippen molar-refractivity contribution in [1.82, 2.24) is 0 Å². The molecule has 0 atom stereocenters. The number of ether oxygens (including phenoxy) is 1. The average Bonchev–Trinajstić information content (AvgIpc) is 1.88. The highest BCUT2D eigenvalue weighted by molar-refractivity contribution is 9.11. The second-order valence-corrected chi connectivity index (χ2v) is 2.55. The number of nitrogens with one attached hydrogen (secondary N) is 1. The van der Waals surface area contributed by atoms with E-state index < -0.39 is 0 Å². The minimum absolute atomic E-state index is 0.506. The summed E-state index contributed by atoms with van der Waals surface area (Å²) in [5.74, 6) is 0.808. The quantitative estimate of drug-likeness (QED) is 0.641. The third kappa shape index (κ3) is 1.48. The van der Waals surface area contributed by atoms with E-state index in [1.807, 2.05) is 6.92 Å². The predicted octanol–water partition coefficient (Wildman–Crippen LogP) is 2.22. The van der Waals surface area contributed by atoms with Crippen LogP contribution in [0.1, 0.15) is 6.92 Å². The molecule has 0 spiro atoms. The number of hydrogen-bond acceptors (Lipinski definition) is 2. The number of halogens is 1. The van der Waals surface area contributed by atoms with Gasteiger partial charge in [0.2, 0.25) is 0 Å². The molecule has 1 N–H and O–H groups in total. The van der Waals surface area contributed by atoms with E-state index in [9.17, 15) is 0 Å². The maximum atomic E-state index is 7.42. The molecule has 54 valence electrons. The minimum atomic E-state index is 0.506. The minimum Gasteiger partial charge on any atom is -0.493 e. The van der Waals surface area contributed by atoms with Crippen molar-refractivity contribution in [3.05, 3.63) is 22.4 Å². The Hall–Kier alpha value is -0.570. The van der Waals surface area contributed by atoms with Gasteiger partial charge in [0, 0.05) is 11.6 Å². The summed E-state index contributed by atoms with van der Waals surface area (Å²) in [5.41, 5.74) is 1.41. The lowest BCUT2D eigenvalue weighted by atomic mass is 10.1. The van der Waals surface area contributed by atoms with Gasteiger partial charge in [0.25, 0.3) is 0 Å². The van der Waals surface area contributed by atoms with Gasteiger partial charge < -0.3 is 10.1 Å². The van der Waals surface area contributed by atoms with Crippen molar-refractivity contribution >= 4 is 21.6 Å². The van der Waals surface area contributed by atoms with Crippen LogP contribution in [-0.2, 0) is 4.74 Å². The van der Waals surface area contributed by atoms with Crippen molar-refractivity contribution < 1.29 is 4.74 Å². The van der Waals surface area contributed by atoms with Crippen LogP contribution in [0.15, 0.2) is 22.4 Å². The summed E-state index contributed by atoms with van der Waals surface area (Å²) < 4.78 is 5.17. The van der Waals surface area contributed by atoms with Crippen LogP contribution in [0.3, 0.4) is 0 Å². The second kappa shape index (κ2) is 3.01. The van der Waals surface area contributed by atoms with Crippen LogP contribution in [-0.4, -0.2) is 12.3 Å². The Balaban J connectivity index is 2.84. The predicted molar refractivity (Wildman–Crippen MR) is 44.4 cm³/mol. The first-order chi connectivity index (χ1) is 4.74. The smallest absolute Gasteiger partial charge is 0.115 e. The van der Waals surface area contributed by atoms with Gasteiger partial charge in [0.1, 0.15) is 6.61 Å². The van der Waals surface area contributed by atoms with Crippen molar-refractivity contribution in [2.45, 2.75) is 6.92 Å². The monoisotopic (exact) mass is 201 g/mol. The van der Waals surface area contributed by atoms with E-state index >= 15 is 0 Å². The molecule has 0 unspecified atom stereocenters. The molecule has 0 amide bonds. The molecule has 1 aliphatic heterocycles. The second-order valence-electron chi connectivity index (χ2n) is 2.09. The van der Waals surface area contributed by atoms with Crippen LogP contribution < -0.4 is 0 Å². The number of rotatable bonds is 0. The van der Waals surface area contributed by atoms with Gasteiger partial charge in [0.05, 0.1) is 11.5 Å². The maximum Gasteiger partial charge on any atom is 0.115 e. The Kier molecular flexibility index (Phi) is 2.27. The number of hydrogen-bond donors (Lipinski definition) is 1. The molecule has 0 aromatic rings. The molecule has 0 bridgehead atoms. The Labute approximate surface area is 68.2 Å². The van der Waals surface area contributed by atoms with Crippen molar-refractivity contribution in [3.8, 4) is 0 Å². The molecule has 2 nitrogen and oxygen atoms in total. The van der Waals surface area contributed by atoms with E-state index in [2.05, 4.69) is 15.9 Å². The van der Waals surface area contributed by atoms with E-state index in [-0.39, 0.29) is 0 Å². The standard InChI is InChI=1S/C7H8BrNO/c1-5-2-7(9)6(3-8)4-10-5/h2-3,9H,4H2,1H3/b6-3+,9-7?. The summed E-state index contributed by atoms with van der Waals surface area (Å²) in [6, 6.07) is 0. The topological polar surface area (TPSA) is 33.1 Å². The summed E-state index contributed by atoms with van der Waals surface area (Å²) in [6.45, 7) is 2.35. The fourth-order valence-electron chi connectivity index (χ4n) is 0.697. The van der Waals surface area contributed by atoms with E-state index in [1.165, 1.54) is 0 Å². The third-order valence-corrected chi connectivity index (χ3v) is 1.83. The van der Waals surface area contributed by atoms with Crippen LogP contribution in [0.5, 0.6) is 0 Å². The Morgan fingerprint density at radius 3 is 3.00 bits per heavy atom. The third-order valence-electron chi connectivity index (χ3n) is 1.28. The fourth-order valence-corrected chi connectivity index (χ4v) is 1.08. The van der Waals surface area contributed by atoms with Gasteiger partial charge in [-0.25, -0.2) is 0 Å². The largest absolute Gasteiger partial charge is 0.493 e. The lowest BCUT2D eigenvalue weighted by Crippen LogP contribution is -2.11. The zero-order valence-corrected chi connectivity index (χ0v) is 7.23. The summed E-state index contributed by atoms with van der Waals surface area (Å²) >= 11 is 3.16. The average molecular weight is 202 g/mol. The Bertz CT molecular complexity index is 218. The van der Waals surface area contributed by atoms with Crippen molar-refractivity contribution in [2.75, 3.05) is 6.61 Å². The van der Waals surface area contributed by atoms with Gasteiger partial charge in [-0.2, -0.15) is 0 Å². The molecule has 0 fully saturated rings. The zero-order chi connectivity index (χ0) is 7.56. The molecular weight excluding hydrogens is 194 g/mol. The van der Waals surface area contributed by atoms with Gasteiger partial charge in [-0.15, -0.1) is 0 Å². The summed E-state index contributed by atoms with van der Waals surface area (Å²) in [5, 5.41) is 7.42. The van der Waals surface area contributed by atoms with Crippen molar-refractivity contribution in [3.63, 3.8) is 0 Å². The lowest BCUT2D eigenvalue weighted by Gasteiger charge is -2.14. The van der Waals surface area contributed by atoms with Crippen molar-refractivity contribution in [1.29, 1.82) is 5.41 Å². The van der Waals surface area contributed by atoms with Gasteiger partial charge in [-0.3, -0.25) is 0 Å². The summed E-state index contributed by atoms with van der Waals surface area (Å²) in [6.07, 6.45) is 1.70. The molecule has 3 heteroatoms. The first-order valence-corrected chi connectivity index (χ1v) is 3.85. The Morgan fingerprint density at radius 1 is 1.80 bits per heavy atom. The molecule has 0 aromatic carbocycles. The SMILES string of the molecule is CC1=CC(=N)/C(=C/Br)CO1.